The van der Waals surface area contributed by atoms with Crippen LogP contribution in [-0.4, -0.2) is 40.7 Å². The number of ether oxygens (including phenoxy) is 1. The van der Waals surface area contributed by atoms with Gasteiger partial charge in [-0.2, -0.15) is 0 Å². The standard InChI is InChI=1S/C15H24N4O3S.HI/c1-17-23(20,21)11-13-6-4-12(5-7-13)9-18-15(16)19-10-14-3-2-8-22-14;/h4-7,14,17H,2-3,8-11H2,1H3,(H3,16,18,19);1H. The minimum Gasteiger partial charge on any atom is -0.376 e. The highest BCUT2D eigenvalue weighted by atomic mass is 127. The van der Waals surface area contributed by atoms with Crippen LogP contribution in [0.25, 0.3) is 0 Å². The van der Waals surface area contributed by atoms with E-state index in [0.717, 1.165) is 30.6 Å². The van der Waals surface area contributed by atoms with Gasteiger partial charge in [0.2, 0.25) is 10.0 Å². The fourth-order valence-electron chi connectivity index (χ4n) is 2.29. The number of benzene rings is 1. The SMILES string of the molecule is CNS(=O)(=O)Cc1ccc(CN=C(N)NCC2CCCO2)cc1.I. The zero-order valence-corrected chi connectivity index (χ0v) is 16.8. The van der Waals surface area contributed by atoms with E-state index in [1.165, 1.54) is 7.05 Å². The molecular weight excluding hydrogens is 443 g/mol. The molecule has 0 saturated carbocycles. The number of guanidine groups is 1. The molecule has 4 N–H and O–H groups in total. The molecule has 2 rings (SSSR count). The molecule has 1 aromatic rings. The molecule has 1 fully saturated rings. The Labute approximate surface area is 160 Å². The molecular formula is C15H25IN4O3S. The normalized spacial score (nSPS) is 18.2. The van der Waals surface area contributed by atoms with Crippen LogP contribution in [0.5, 0.6) is 0 Å². The van der Waals surface area contributed by atoms with Gasteiger partial charge in [-0.1, -0.05) is 24.3 Å². The molecule has 1 heterocycles. The fraction of sp³-hybridized carbons (Fsp3) is 0.533. The second-order valence-corrected chi connectivity index (χ2v) is 7.42. The first-order valence-electron chi connectivity index (χ1n) is 7.63. The van der Waals surface area contributed by atoms with Crippen molar-refractivity contribution in [2.75, 3.05) is 20.2 Å². The highest BCUT2D eigenvalue weighted by molar-refractivity contribution is 14.0. The van der Waals surface area contributed by atoms with Gasteiger partial charge in [0.25, 0.3) is 0 Å². The number of nitrogens with two attached hydrogens (primary N) is 1. The first kappa shape index (κ1) is 21.1. The second kappa shape index (κ2) is 10.2. The van der Waals surface area contributed by atoms with Crippen molar-refractivity contribution in [1.29, 1.82) is 0 Å². The van der Waals surface area contributed by atoms with E-state index >= 15 is 0 Å². The molecule has 9 heteroatoms. The molecule has 1 unspecified atom stereocenters. The van der Waals surface area contributed by atoms with Crippen molar-refractivity contribution in [3.63, 3.8) is 0 Å². The molecule has 1 aliphatic heterocycles. The van der Waals surface area contributed by atoms with Crippen molar-refractivity contribution in [3.8, 4) is 0 Å². The third-order valence-electron chi connectivity index (χ3n) is 3.66. The molecule has 0 aliphatic carbocycles. The van der Waals surface area contributed by atoms with E-state index in [1.807, 2.05) is 12.1 Å². The molecule has 1 saturated heterocycles. The van der Waals surface area contributed by atoms with Gasteiger partial charge in [-0.3, -0.25) is 0 Å². The molecule has 0 aromatic heterocycles. The topological polar surface area (TPSA) is 106 Å². The fourth-order valence-corrected chi connectivity index (χ4v) is 3.06. The average Bonchev–Trinajstić information content (AvgIpc) is 3.05. The number of sulfonamides is 1. The number of nitrogens with one attached hydrogen (secondary N) is 2. The van der Waals surface area contributed by atoms with Gasteiger partial charge in [0.15, 0.2) is 5.96 Å². The number of aliphatic imine (C=N–C) groups is 1. The van der Waals surface area contributed by atoms with E-state index in [-0.39, 0.29) is 35.8 Å². The highest BCUT2D eigenvalue weighted by Crippen LogP contribution is 2.10. The van der Waals surface area contributed by atoms with Crippen molar-refractivity contribution < 1.29 is 13.2 Å². The Balaban J connectivity index is 0.00000288. The molecule has 0 amide bonds. The maximum Gasteiger partial charge on any atom is 0.215 e. The Morgan fingerprint density at radius 2 is 2.00 bits per heavy atom. The van der Waals surface area contributed by atoms with Crippen LogP contribution in [0.15, 0.2) is 29.3 Å². The van der Waals surface area contributed by atoms with Gasteiger partial charge in [-0.15, -0.1) is 24.0 Å². The predicted octanol–water partition coefficient (Wildman–Crippen LogP) is 0.937. The van der Waals surface area contributed by atoms with Gasteiger partial charge >= 0.3 is 0 Å². The lowest BCUT2D eigenvalue weighted by Crippen LogP contribution is -2.37. The lowest BCUT2D eigenvalue weighted by Gasteiger charge is -2.11. The van der Waals surface area contributed by atoms with E-state index in [9.17, 15) is 8.42 Å². The maximum atomic E-state index is 11.5. The van der Waals surface area contributed by atoms with Crippen LogP contribution >= 0.6 is 24.0 Å². The van der Waals surface area contributed by atoms with Crippen molar-refractivity contribution in [2.24, 2.45) is 10.7 Å². The van der Waals surface area contributed by atoms with E-state index in [1.54, 1.807) is 12.1 Å². The van der Waals surface area contributed by atoms with Gasteiger partial charge in [0.05, 0.1) is 18.4 Å². The van der Waals surface area contributed by atoms with Crippen LogP contribution in [0.2, 0.25) is 0 Å². The first-order chi connectivity index (χ1) is 11.0. The summed E-state index contributed by atoms with van der Waals surface area (Å²) in [6, 6.07) is 7.29. The summed E-state index contributed by atoms with van der Waals surface area (Å²) in [5.74, 6) is 0.361. The van der Waals surface area contributed by atoms with Crippen LogP contribution in [0.3, 0.4) is 0 Å². The molecule has 1 aromatic carbocycles. The molecule has 0 bridgehead atoms. The third-order valence-corrected chi connectivity index (χ3v) is 4.99. The number of hydrogen-bond donors (Lipinski definition) is 3. The summed E-state index contributed by atoms with van der Waals surface area (Å²) in [6.45, 7) is 1.94. The van der Waals surface area contributed by atoms with E-state index in [0.29, 0.717) is 19.0 Å². The Morgan fingerprint density at radius 1 is 1.33 bits per heavy atom. The number of halogens is 1. The summed E-state index contributed by atoms with van der Waals surface area (Å²) in [5.41, 5.74) is 7.53. The van der Waals surface area contributed by atoms with Crippen molar-refractivity contribution in [3.05, 3.63) is 35.4 Å². The molecule has 1 atom stereocenters. The lowest BCUT2D eigenvalue weighted by atomic mass is 10.1. The molecule has 136 valence electrons. The lowest BCUT2D eigenvalue weighted by molar-refractivity contribution is 0.114. The summed E-state index contributed by atoms with van der Waals surface area (Å²) in [4.78, 5) is 4.27. The Bertz CT molecular complexity index is 629. The van der Waals surface area contributed by atoms with Crippen LogP contribution in [0.1, 0.15) is 24.0 Å². The largest absolute Gasteiger partial charge is 0.376 e. The summed E-state index contributed by atoms with van der Waals surface area (Å²) in [5, 5.41) is 3.06. The average molecular weight is 468 g/mol. The quantitative estimate of drug-likeness (QED) is 0.314. The van der Waals surface area contributed by atoms with Crippen molar-refractivity contribution >= 4 is 40.0 Å². The zero-order chi connectivity index (χ0) is 16.7. The number of nitrogens with zero attached hydrogens (tertiary/aromatic N) is 1. The molecule has 0 radical (unpaired) electrons. The molecule has 24 heavy (non-hydrogen) atoms. The van der Waals surface area contributed by atoms with Crippen LogP contribution in [0.4, 0.5) is 0 Å². The minimum absolute atomic E-state index is 0. The smallest absolute Gasteiger partial charge is 0.215 e. The molecule has 1 aliphatic rings. The predicted molar refractivity (Wildman–Crippen MR) is 106 cm³/mol. The molecule has 0 spiro atoms. The van der Waals surface area contributed by atoms with E-state index in [2.05, 4.69) is 15.0 Å². The second-order valence-electron chi connectivity index (χ2n) is 5.50. The first-order valence-corrected chi connectivity index (χ1v) is 9.28. The maximum absolute atomic E-state index is 11.5. The van der Waals surface area contributed by atoms with E-state index in [4.69, 9.17) is 10.5 Å². The number of rotatable bonds is 7. The van der Waals surface area contributed by atoms with Gasteiger partial charge in [-0.05, 0) is 31.0 Å². The molecule has 7 nitrogen and oxygen atoms in total. The summed E-state index contributed by atoms with van der Waals surface area (Å²) in [6.07, 6.45) is 2.37. The van der Waals surface area contributed by atoms with Crippen molar-refractivity contribution in [1.82, 2.24) is 10.0 Å². The minimum atomic E-state index is -3.25. The zero-order valence-electron chi connectivity index (χ0n) is 13.7. The number of hydrogen-bond acceptors (Lipinski definition) is 4. The summed E-state index contributed by atoms with van der Waals surface area (Å²) < 4.78 is 30.8. The van der Waals surface area contributed by atoms with Gasteiger partial charge < -0.3 is 15.8 Å². The van der Waals surface area contributed by atoms with Gasteiger partial charge in [-0.25, -0.2) is 18.1 Å². The monoisotopic (exact) mass is 468 g/mol. The summed E-state index contributed by atoms with van der Waals surface area (Å²) in [7, 11) is -1.84. The van der Waals surface area contributed by atoms with E-state index < -0.39 is 10.0 Å². The Morgan fingerprint density at radius 3 is 2.58 bits per heavy atom. The Kier molecular flexibility index (Phi) is 8.95. The Hall–Kier alpha value is -0.910. The highest BCUT2D eigenvalue weighted by Gasteiger charge is 2.14. The van der Waals surface area contributed by atoms with Crippen LogP contribution < -0.4 is 15.8 Å². The third kappa shape index (κ3) is 7.32. The summed E-state index contributed by atoms with van der Waals surface area (Å²) >= 11 is 0. The van der Waals surface area contributed by atoms with Gasteiger partial charge in [0, 0.05) is 13.2 Å². The van der Waals surface area contributed by atoms with Crippen molar-refractivity contribution in [2.45, 2.75) is 31.2 Å². The van der Waals surface area contributed by atoms with Gasteiger partial charge in [0.1, 0.15) is 0 Å². The van der Waals surface area contributed by atoms with Crippen LogP contribution in [0, 0.1) is 0 Å². The van der Waals surface area contributed by atoms with Crippen LogP contribution in [-0.2, 0) is 27.1 Å².